The number of rotatable bonds is 1. The van der Waals surface area contributed by atoms with Crippen molar-refractivity contribution in [2.45, 2.75) is 45.3 Å². The van der Waals surface area contributed by atoms with Crippen LogP contribution in [0.2, 0.25) is 0 Å². The van der Waals surface area contributed by atoms with Crippen molar-refractivity contribution in [1.82, 2.24) is 0 Å². The van der Waals surface area contributed by atoms with Crippen LogP contribution in [0.3, 0.4) is 0 Å². The number of hydrogen-bond donors (Lipinski definition) is 2. The lowest BCUT2D eigenvalue weighted by atomic mass is 9.41. The van der Waals surface area contributed by atoms with Crippen LogP contribution in [0, 0.1) is 23.2 Å². The van der Waals surface area contributed by atoms with Crippen molar-refractivity contribution >= 4 is 17.3 Å². The molecule has 0 aromatic heterocycles. The molecular formula is C17H22O6. The molecular weight excluding hydrogens is 300 g/mol. The quantitative estimate of drug-likeness (QED) is 0.678. The number of methoxy groups -OCH3 is 1. The monoisotopic (exact) mass is 322 g/mol. The second-order valence-electron chi connectivity index (χ2n) is 7.59. The van der Waals surface area contributed by atoms with E-state index in [2.05, 4.69) is 0 Å². The van der Waals surface area contributed by atoms with Crippen LogP contribution in [0.1, 0.15) is 34.1 Å². The topological polar surface area (TPSA) is 101 Å². The van der Waals surface area contributed by atoms with Crippen molar-refractivity contribution in [3.05, 3.63) is 11.3 Å². The molecule has 6 heteroatoms. The summed E-state index contributed by atoms with van der Waals surface area (Å²) in [4.78, 5) is 38.0. The summed E-state index contributed by atoms with van der Waals surface area (Å²) in [5.41, 5.74) is -4.78. The number of allylic oxidation sites excluding steroid dienone is 1. The SMILES string of the molecule is COC1=C(C)C(=O)[C@](C)(O)[C@H]2[C@@H]1[C@@]1(C)C(=O)C[C@@H]2[C@@](C)(O)C1=O. The molecule has 3 fully saturated rings. The molecule has 6 atom stereocenters. The number of carbonyl (C=O) groups excluding carboxylic acids is 3. The Bertz CT molecular complexity index is 671. The smallest absolute Gasteiger partial charge is 0.193 e. The molecule has 0 aliphatic heterocycles. The minimum atomic E-state index is -1.76. The highest BCUT2D eigenvalue weighted by Gasteiger charge is 2.74. The molecule has 0 heterocycles. The van der Waals surface area contributed by atoms with E-state index in [1.807, 2.05) is 0 Å². The Kier molecular flexibility index (Phi) is 3.05. The summed E-state index contributed by atoms with van der Waals surface area (Å²) >= 11 is 0. The van der Waals surface area contributed by atoms with Gasteiger partial charge < -0.3 is 14.9 Å². The number of carbonyl (C=O) groups is 3. The first-order valence-corrected chi connectivity index (χ1v) is 7.76. The lowest BCUT2D eigenvalue weighted by Gasteiger charge is -2.62. The van der Waals surface area contributed by atoms with E-state index in [0.29, 0.717) is 0 Å². The lowest BCUT2D eigenvalue weighted by Crippen LogP contribution is -2.75. The maximum Gasteiger partial charge on any atom is 0.193 e. The van der Waals surface area contributed by atoms with Gasteiger partial charge in [0, 0.05) is 29.7 Å². The molecule has 6 nitrogen and oxygen atoms in total. The minimum Gasteiger partial charge on any atom is -0.500 e. The van der Waals surface area contributed by atoms with Crippen molar-refractivity contribution in [3.63, 3.8) is 0 Å². The molecule has 4 aliphatic rings. The highest BCUT2D eigenvalue weighted by Crippen LogP contribution is 2.63. The molecule has 0 unspecified atom stereocenters. The molecule has 2 N–H and O–H groups in total. The first-order chi connectivity index (χ1) is 10.4. The van der Waals surface area contributed by atoms with E-state index in [-0.39, 0.29) is 23.5 Å². The van der Waals surface area contributed by atoms with Crippen molar-refractivity contribution in [2.24, 2.45) is 23.2 Å². The molecule has 0 radical (unpaired) electrons. The molecule has 23 heavy (non-hydrogen) atoms. The van der Waals surface area contributed by atoms with E-state index in [1.165, 1.54) is 34.8 Å². The van der Waals surface area contributed by atoms with Crippen LogP contribution in [0.5, 0.6) is 0 Å². The minimum absolute atomic E-state index is 0.0319. The number of fused-ring (bicyclic) bond motifs is 2. The van der Waals surface area contributed by atoms with Crippen LogP contribution in [0.25, 0.3) is 0 Å². The van der Waals surface area contributed by atoms with E-state index < -0.39 is 45.9 Å². The molecule has 4 aliphatic carbocycles. The Labute approximate surface area is 134 Å². The van der Waals surface area contributed by atoms with Gasteiger partial charge in [0.05, 0.1) is 12.5 Å². The van der Waals surface area contributed by atoms with Crippen molar-refractivity contribution in [1.29, 1.82) is 0 Å². The average Bonchev–Trinajstić information content (AvgIpc) is 2.46. The van der Waals surface area contributed by atoms with Gasteiger partial charge in [0.2, 0.25) is 0 Å². The van der Waals surface area contributed by atoms with Crippen LogP contribution in [-0.2, 0) is 19.1 Å². The van der Waals surface area contributed by atoms with Crippen LogP contribution in [0.4, 0.5) is 0 Å². The van der Waals surface area contributed by atoms with Gasteiger partial charge in [0.15, 0.2) is 11.6 Å². The van der Waals surface area contributed by atoms with Crippen LogP contribution < -0.4 is 0 Å². The second kappa shape index (κ2) is 4.30. The van der Waals surface area contributed by atoms with Crippen LogP contribution in [-0.4, -0.2) is 45.9 Å². The number of aliphatic hydroxyl groups is 2. The Morgan fingerprint density at radius 3 is 2.17 bits per heavy atom. The predicted molar refractivity (Wildman–Crippen MR) is 79.2 cm³/mol. The zero-order valence-corrected chi connectivity index (χ0v) is 14.0. The Balaban J connectivity index is 2.35. The van der Waals surface area contributed by atoms with Crippen molar-refractivity contribution in [2.75, 3.05) is 7.11 Å². The molecule has 2 bridgehead atoms. The molecule has 3 saturated carbocycles. The molecule has 0 amide bonds. The van der Waals surface area contributed by atoms with Gasteiger partial charge in [0.25, 0.3) is 0 Å². The van der Waals surface area contributed by atoms with E-state index in [1.54, 1.807) is 0 Å². The second-order valence-corrected chi connectivity index (χ2v) is 7.59. The molecule has 0 aromatic carbocycles. The number of Topliss-reactive ketones (excluding diaryl/α,β-unsaturated/α-hetero) is 3. The summed E-state index contributed by atoms with van der Waals surface area (Å²) in [6.45, 7) is 5.80. The van der Waals surface area contributed by atoms with Gasteiger partial charge in [-0.05, 0) is 27.7 Å². The lowest BCUT2D eigenvalue weighted by molar-refractivity contribution is -0.212. The maximum atomic E-state index is 12.8. The van der Waals surface area contributed by atoms with E-state index in [0.717, 1.165) is 0 Å². The fourth-order valence-electron chi connectivity index (χ4n) is 5.11. The molecule has 4 rings (SSSR count). The summed E-state index contributed by atoms with van der Waals surface area (Å²) in [6.07, 6.45) is -0.0319. The molecule has 0 aromatic rings. The summed E-state index contributed by atoms with van der Waals surface area (Å²) in [5.74, 6) is -3.33. The summed E-state index contributed by atoms with van der Waals surface area (Å²) < 4.78 is 5.38. The first kappa shape index (κ1) is 16.3. The average molecular weight is 322 g/mol. The summed E-state index contributed by atoms with van der Waals surface area (Å²) in [7, 11) is 1.39. The molecule has 0 saturated heterocycles. The van der Waals surface area contributed by atoms with Crippen LogP contribution in [0.15, 0.2) is 11.3 Å². The number of hydrogen-bond acceptors (Lipinski definition) is 6. The normalized spacial score (nSPS) is 49.5. The number of ether oxygens (including phenoxy) is 1. The molecule has 0 spiro atoms. The maximum absolute atomic E-state index is 12.8. The highest BCUT2D eigenvalue weighted by atomic mass is 16.5. The van der Waals surface area contributed by atoms with E-state index in [4.69, 9.17) is 4.74 Å². The summed E-state index contributed by atoms with van der Waals surface area (Å²) in [6, 6.07) is 0. The Morgan fingerprint density at radius 1 is 1.09 bits per heavy atom. The Morgan fingerprint density at radius 2 is 1.65 bits per heavy atom. The van der Waals surface area contributed by atoms with Gasteiger partial charge in [0.1, 0.15) is 22.7 Å². The fourth-order valence-corrected chi connectivity index (χ4v) is 5.11. The third kappa shape index (κ3) is 1.58. The highest BCUT2D eigenvalue weighted by molar-refractivity contribution is 6.15. The zero-order chi connectivity index (χ0) is 17.5. The van der Waals surface area contributed by atoms with E-state index in [9.17, 15) is 24.6 Å². The van der Waals surface area contributed by atoms with E-state index >= 15 is 0 Å². The van der Waals surface area contributed by atoms with Gasteiger partial charge in [-0.3, -0.25) is 14.4 Å². The Hall–Kier alpha value is -1.53. The van der Waals surface area contributed by atoms with Crippen molar-refractivity contribution < 1.29 is 29.3 Å². The van der Waals surface area contributed by atoms with Gasteiger partial charge in [-0.2, -0.15) is 0 Å². The van der Waals surface area contributed by atoms with Crippen molar-refractivity contribution in [3.8, 4) is 0 Å². The standard InChI is InChI=1S/C17H22O6/c1-7-12(23-5)11-10(17(4,22)13(7)19)8-6-9(18)15(11,2)14(20)16(8,3)21/h8,10-11,21-22H,6H2,1-5H3/t8-,10+,11-,15+,16+,17+/m0/s1. The van der Waals surface area contributed by atoms with Gasteiger partial charge in [-0.15, -0.1) is 0 Å². The van der Waals surface area contributed by atoms with Gasteiger partial charge in [-0.1, -0.05) is 0 Å². The predicted octanol–water partition coefficient (Wildman–Crippen LogP) is 0.402. The first-order valence-electron chi connectivity index (χ1n) is 7.76. The summed E-state index contributed by atoms with van der Waals surface area (Å²) in [5, 5.41) is 21.6. The number of ketones is 3. The largest absolute Gasteiger partial charge is 0.500 e. The third-order valence-electron chi connectivity index (χ3n) is 6.37. The van der Waals surface area contributed by atoms with Crippen LogP contribution >= 0.6 is 0 Å². The van der Waals surface area contributed by atoms with Gasteiger partial charge >= 0.3 is 0 Å². The third-order valence-corrected chi connectivity index (χ3v) is 6.37. The fraction of sp³-hybridized carbons (Fsp3) is 0.706. The zero-order valence-electron chi connectivity index (χ0n) is 14.0. The van der Waals surface area contributed by atoms with Gasteiger partial charge in [-0.25, -0.2) is 0 Å². The molecule has 126 valence electrons.